The highest BCUT2D eigenvalue weighted by Gasteiger charge is 2.47. The number of nitrogens with zero attached hydrogens (tertiary/aromatic N) is 2. The largest absolute Gasteiger partial charge is 0.459 e. The molecule has 10 nitrogen and oxygen atoms in total. The van der Waals surface area contributed by atoms with Gasteiger partial charge in [0.25, 0.3) is 17.5 Å². The molecule has 1 atom stereocenters. The first-order valence-electron chi connectivity index (χ1n) is 9.23. The fraction of sp³-hybridized carbons (Fsp3) is 0.250. The molecule has 0 saturated heterocycles. The highest BCUT2D eigenvalue weighted by Crippen LogP contribution is 2.33. The zero-order chi connectivity index (χ0) is 23.6. The molecule has 0 aromatic heterocycles. The van der Waals surface area contributed by atoms with E-state index in [2.05, 4.69) is 0 Å². The predicted octanol–water partition coefficient (Wildman–Crippen LogP) is 2.39. The Morgan fingerprint density at radius 2 is 1.81 bits per heavy atom. The second kappa shape index (κ2) is 9.05. The fourth-order valence-electron chi connectivity index (χ4n) is 3.23. The van der Waals surface area contributed by atoms with Crippen LogP contribution in [0.5, 0.6) is 0 Å². The van der Waals surface area contributed by atoms with Gasteiger partial charge in [0.1, 0.15) is 28.0 Å². The van der Waals surface area contributed by atoms with Crippen LogP contribution in [0.4, 0.5) is 5.69 Å². The van der Waals surface area contributed by atoms with Crippen LogP contribution in [-0.2, 0) is 26.0 Å². The minimum absolute atomic E-state index is 0.214. The Hall–Kier alpha value is -3.31. The van der Waals surface area contributed by atoms with Gasteiger partial charge in [0, 0.05) is 17.3 Å². The lowest BCUT2D eigenvalue weighted by Gasteiger charge is -2.24. The van der Waals surface area contributed by atoms with Crippen molar-refractivity contribution in [2.24, 2.45) is 0 Å². The monoisotopic (exact) mass is 480 g/mol. The maximum absolute atomic E-state index is 12.9. The molecule has 168 valence electrons. The molecule has 0 spiro atoms. The molecule has 0 saturated carbocycles. The second-order valence-electron chi connectivity index (χ2n) is 7.11. The smallest absolute Gasteiger partial charge is 0.329 e. The Morgan fingerprint density at radius 3 is 2.41 bits per heavy atom. The van der Waals surface area contributed by atoms with E-state index in [4.69, 9.17) is 16.3 Å². The topological polar surface area (TPSA) is 141 Å². The van der Waals surface area contributed by atoms with Crippen LogP contribution in [0, 0.1) is 10.1 Å². The van der Waals surface area contributed by atoms with Crippen LogP contribution in [0.25, 0.3) is 0 Å². The third-order valence-corrected chi connectivity index (χ3v) is 5.99. The molecule has 2 amide bonds. The lowest BCUT2D eigenvalue weighted by molar-refractivity contribution is -0.385. The van der Waals surface area contributed by atoms with Gasteiger partial charge in [-0.2, -0.15) is 0 Å². The van der Waals surface area contributed by atoms with Crippen molar-refractivity contribution in [3.05, 3.63) is 74.3 Å². The van der Waals surface area contributed by atoms with Crippen LogP contribution in [0.3, 0.4) is 0 Å². The number of ether oxygens (including phenoxy) is 1. The first-order chi connectivity index (χ1) is 15.0. The van der Waals surface area contributed by atoms with Gasteiger partial charge in [-0.15, -0.1) is 0 Å². The number of nitro groups is 1. The van der Waals surface area contributed by atoms with Gasteiger partial charge in [-0.25, -0.2) is 13.2 Å². The molecule has 3 rings (SSSR count). The number of halogens is 1. The van der Waals surface area contributed by atoms with Crippen molar-refractivity contribution >= 4 is 44.9 Å². The van der Waals surface area contributed by atoms with Crippen molar-refractivity contribution in [3.8, 4) is 0 Å². The van der Waals surface area contributed by atoms with E-state index in [1.54, 1.807) is 24.3 Å². The number of esters is 1. The number of carbonyl (C=O) groups excluding carboxylic acids is 3. The highest BCUT2D eigenvalue weighted by molar-refractivity contribution is 7.90. The lowest BCUT2D eigenvalue weighted by atomic mass is 10.1. The number of imide groups is 1. The van der Waals surface area contributed by atoms with E-state index in [0.29, 0.717) is 15.5 Å². The highest BCUT2D eigenvalue weighted by atomic mass is 35.5. The average molecular weight is 481 g/mol. The summed E-state index contributed by atoms with van der Waals surface area (Å²) in [4.78, 5) is 49.7. The number of sulfone groups is 1. The lowest BCUT2D eigenvalue weighted by Crippen LogP contribution is -2.46. The Bertz CT molecular complexity index is 1210. The summed E-state index contributed by atoms with van der Waals surface area (Å²) in [5, 5.41) is 11.8. The predicted molar refractivity (Wildman–Crippen MR) is 113 cm³/mol. The van der Waals surface area contributed by atoms with E-state index in [1.165, 1.54) is 12.1 Å². The maximum Gasteiger partial charge on any atom is 0.329 e. The summed E-state index contributed by atoms with van der Waals surface area (Å²) >= 11 is 5.81. The SMILES string of the molecule is CS(=O)(=O)CCC(C(=O)OCc1ccc(Cl)cc1)N1C(=O)c2cccc([N+](=O)[O-])c2C1=O. The van der Waals surface area contributed by atoms with Crippen LogP contribution in [0.2, 0.25) is 5.02 Å². The summed E-state index contributed by atoms with van der Waals surface area (Å²) in [5.74, 6) is -3.51. The fourth-order valence-corrected chi connectivity index (χ4v) is 4.01. The molecule has 0 aliphatic carbocycles. The Kier molecular flexibility index (Phi) is 6.60. The van der Waals surface area contributed by atoms with Gasteiger partial charge in [0.05, 0.1) is 16.2 Å². The zero-order valence-corrected chi connectivity index (χ0v) is 18.3. The van der Waals surface area contributed by atoms with Crippen molar-refractivity contribution < 1.29 is 32.5 Å². The van der Waals surface area contributed by atoms with Crippen LogP contribution in [-0.4, -0.2) is 54.1 Å². The number of carbonyl (C=O) groups is 3. The number of hydrogen-bond donors (Lipinski definition) is 0. The molecule has 1 aliphatic rings. The summed E-state index contributed by atoms with van der Waals surface area (Å²) in [5.41, 5.74) is -0.696. The molecule has 12 heteroatoms. The summed E-state index contributed by atoms with van der Waals surface area (Å²) in [6, 6.07) is 8.33. The Labute approximate surface area is 187 Å². The first-order valence-corrected chi connectivity index (χ1v) is 11.7. The molecule has 2 aromatic carbocycles. The van der Waals surface area contributed by atoms with Crippen molar-refractivity contribution in [2.45, 2.75) is 19.1 Å². The quantitative estimate of drug-likeness (QED) is 0.242. The standard InChI is InChI=1S/C20H17ClN2O8S/c1-32(29,30)10-9-16(20(26)31-11-12-5-7-13(21)8-6-12)22-18(24)14-3-2-4-15(23(27)28)17(14)19(22)25/h2-8,16H,9-11H2,1H3. The van der Waals surface area contributed by atoms with E-state index in [9.17, 15) is 32.9 Å². The van der Waals surface area contributed by atoms with Gasteiger partial charge in [-0.05, 0) is 30.2 Å². The van der Waals surface area contributed by atoms with Crippen LogP contribution in [0.1, 0.15) is 32.7 Å². The van der Waals surface area contributed by atoms with Gasteiger partial charge in [0.15, 0.2) is 0 Å². The van der Waals surface area contributed by atoms with E-state index in [1.807, 2.05) is 0 Å². The van der Waals surface area contributed by atoms with Crippen molar-refractivity contribution in [2.75, 3.05) is 12.0 Å². The second-order valence-corrected chi connectivity index (χ2v) is 9.80. The minimum Gasteiger partial charge on any atom is -0.459 e. The number of fused-ring (bicyclic) bond motifs is 1. The normalized spacial score (nSPS) is 14.2. The first kappa shape index (κ1) is 23.4. The Morgan fingerprint density at radius 1 is 1.16 bits per heavy atom. The van der Waals surface area contributed by atoms with Gasteiger partial charge in [-0.3, -0.25) is 24.6 Å². The molecule has 1 aliphatic heterocycles. The van der Waals surface area contributed by atoms with E-state index >= 15 is 0 Å². The van der Waals surface area contributed by atoms with Crippen LogP contribution in [0.15, 0.2) is 42.5 Å². The molecule has 32 heavy (non-hydrogen) atoms. The number of rotatable bonds is 8. The molecule has 1 unspecified atom stereocenters. The van der Waals surface area contributed by atoms with Crippen molar-refractivity contribution in [1.29, 1.82) is 0 Å². The number of hydrogen-bond acceptors (Lipinski definition) is 8. The summed E-state index contributed by atoms with van der Waals surface area (Å²) in [6.45, 7) is -0.214. The summed E-state index contributed by atoms with van der Waals surface area (Å²) < 4.78 is 28.6. The zero-order valence-electron chi connectivity index (χ0n) is 16.7. The molecule has 0 fully saturated rings. The molecule has 0 N–H and O–H groups in total. The van der Waals surface area contributed by atoms with E-state index < -0.39 is 62.0 Å². The van der Waals surface area contributed by atoms with Gasteiger partial charge >= 0.3 is 5.97 Å². The van der Waals surface area contributed by atoms with Gasteiger partial charge in [-0.1, -0.05) is 29.8 Å². The van der Waals surface area contributed by atoms with Crippen LogP contribution >= 0.6 is 11.6 Å². The number of amides is 2. The summed E-state index contributed by atoms with van der Waals surface area (Å²) in [6.07, 6.45) is 0.522. The molecule has 0 radical (unpaired) electrons. The molecular formula is C20H17ClN2O8S. The van der Waals surface area contributed by atoms with E-state index in [0.717, 1.165) is 12.3 Å². The van der Waals surface area contributed by atoms with Crippen molar-refractivity contribution in [1.82, 2.24) is 4.90 Å². The number of nitro benzene ring substituents is 1. The third-order valence-electron chi connectivity index (χ3n) is 4.76. The van der Waals surface area contributed by atoms with Crippen molar-refractivity contribution in [3.63, 3.8) is 0 Å². The van der Waals surface area contributed by atoms with E-state index in [-0.39, 0.29) is 12.2 Å². The number of benzene rings is 2. The molecule has 2 aromatic rings. The Balaban J connectivity index is 1.91. The molecular weight excluding hydrogens is 464 g/mol. The molecule has 1 heterocycles. The average Bonchev–Trinajstić information content (AvgIpc) is 2.98. The minimum atomic E-state index is -3.56. The third kappa shape index (κ3) is 4.94. The van der Waals surface area contributed by atoms with Gasteiger partial charge < -0.3 is 4.74 Å². The summed E-state index contributed by atoms with van der Waals surface area (Å²) in [7, 11) is -3.56. The van der Waals surface area contributed by atoms with Crippen LogP contribution < -0.4 is 0 Å². The maximum atomic E-state index is 12.9. The van der Waals surface area contributed by atoms with Gasteiger partial charge in [0.2, 0.25) is 0 Å². The molecule has 0 bridgehead atoms.